The van der Waals surface area contributed by atoms with Gasteiger partial charge in [0.05, 0.1) is 5.38 Å². The van der Waals surface area contributed by atoms with Gasteiger partial charge in [0.25, 0.3) is 0 Å². The van der Waals surface area contributed by atoms with Gasteiger partial charge in [0.1, 0.15) is 11.3 Å². The van der Waals surface area contributed by atoms with E-state index in [1.165, 1.54) is 19.3 Å². The van der Waals surface area contributed by atoms with Gasteiger partial charge in [-0.15, -0.1) is 11.6 Å². The smallest absolute Gasteiger partial charge is 0.160 e. The van der Waals surface area contributed by atoms with Gasteiger partial charge in [0, 0.05) is 11.2 Å². The Kier molecular flexibility index (Phi) is 2.63. The first-order valence-electron chi connectivity index (χ1n) is 6.52. The van der Waals surface area contributed by atoms with Crippen molar-refractivity contribution < 1.29 is 0 Å². The number of aryl methyl sites for hydroxylation is 1. The molecule has 0 amide bonds. The highest BCUT2D eigenvalue weighted by Crippen LogP contribution is 2.42. The number of imidazole rings is 1. The Labute approximate surface area is 112 Å². The molecule has 1 unspecified atom stereocenters. The molecule has 3 rings (SSSR count). The average Bonchev–Trinajstić information content (AvgIpc) is 2.65. The highest BCUT2D eigenvalue weighted by atomic mass is 35.5. The van der Waals surface area contributed by atoms with E-state index in [0.29, 0.717) is 0 Å². The minimum absolute atomic E-state index is 0.0862. The zero-order chi connectivity index (χ0) is 12.9. The summed E-state index contributed by atoms with van der Waals surface area (Å²) in [6.45, 7) is 6.28. The van der Waals surface area contributed by atoms with E-state index in [0.717, 1.165) is 22.7 Å². The maximum absolute atomic E-state index is 6.30. The highest BCUT2D eigenvalue weighted by Gasteiger charge is 2.37. The van der Waals surface area contributed by atoms with Crippen LogP contribution in [0.5, 0.6) is 0 Å². The molecule has 1 atom stereocenters. The van der Waals surface area contributed by atoms with Gasteiger partial charge in [-0.25, -0.2) is 9.97 Å². The first-order valence-corrected chi connectivity index (χ1v) is 6.95. The third-order valence-electron chi connectivity index (χ3n) is 4.00. The molecule has 0 radical (unpaired) electrons. The monoisotopic (exact) mass is 263 g/mol. The van der Waals surface area contributed by atoms with Gasteiger partial charge in [0.15, 0.2) is 5.65 Å². The first-order chi connectivity index (χ1) is 8.51. The van der Waals surface area contributed by atoms with Gasteiger partial charge in [0.2, 0.25) is 0 Å². The van der Waals surface area contributed by atoms with Crippen LogP contribution < -0.4 is 0 Å². The number of halogens is 1. The van der Waals surface area contributed by atoms with Crippen LogP contribution in [0, 0.1) is 6.92 Å². The van der Waals surface area contributed by atoms with Crippen LogP contribution in [0.1, 0.15) is 50.0 Å². The van der Waals surface area contributed by atoms with Crippen LogP contribution in [-0.4, -0.2) is 14.5 Å². The number of fused-ring (bicyclic) bond motifs is 1. The number of nitrogens with zero attached hydrogens (tertiary/aromatic N) is 3. The van der Waals surface area contributed by atoms with E-state index < -0.39 is 0 Å². The van der Waals surface area contributed by atoms with Crippen molar-refractivity contribution in [3.63, 3.8) is 0 Å². The molecule has 0 aliphatic heterocycles. The molecule has 4 heteroatoms. The Morgan fingerprint density at radius 1 is 1.33 bits per heavy atom. The second kappa shape index (κ2) is 3.95. The van der Waals surface area contributed by atoms with Gasteiger partial charge in [-0.2, -0.15) is 0 Å². The van der Waals surface area contributed by atoms with Crippen LogP contribution in [-0.2, 0) is 5.54 Å². The summed E-state index contributed by atoms with van der Waals surface area (Å²) in [6, 6.07) is 4.05. The molecule has 96 valence electrons. The van der Waals surface area contributed by atoms with Crippen molar-refractivity contribution in [2.75, 3.05) is 0 Å². The summed E-state index contributed by atoms with van der Waals surface area (Å²) >= 11 is 6.30. The van der Waals surface area contributed by atoms with Gasteiger partial charge >= 0.3 is 0 Å². The Hall–Kier alpha value is -1.09. The van der Waals surface area contributed by atoms with Gasteiger partial charge in [-0.3, -0.25) is 0 Å². The molecule has 1 aliphatic rings. The lowest BCUT2D eigenvalue weighted by Gasteiger charge is -2.41. The minimum atomic E-state index is -0.0862. The molecule has 2 heterocycles. The van der Waals surface area contributed by atoms with Crippen molar-refractivity contribution in [3.05, 3.63) is 23.7 Å². The van der Waals surface area contributed by atoms with Crippen molar-refractivity contribution in [2.45, 2.75) is 50.9 Å². The second-order valence-electron chi connectivity index (χ2n) is 5.57. The molecule has 0 saturated heterocycles. The SMILES string of the molecule is Cc1ccc2nc(C(C)Cl)n(C3(C)CCC3)c2n1. The molecule has 0 aromatic carbocycles. The van der Waals surface area contributed by atoms with Crippen LogP contribution in [0.25, 0.3) is 11.2 Å². The van der Waals surface area contributed by atoms with Crippen molar-refractivity contribution in [1.29, 1.82) is 0 Å². The number of hydrogen-bond donors (Lipinski definition) is 0. The zero-order valence-electron chi connectivity index (χ0n) is 11.1. The van der Waals surface area contributed by atoms with Crippen LogP contribution in [0.4, 0.5) is 0 Å². The van der Waals surface area contributed by atoms with Crippen LogP contribution in [0.3, 0.4) is 0 Å². The molecular formula is C14H18ClN3. The third-order valence-corrected chi connectivity index (χ3v) is 4.19. The fourth-order valence-electron chi connectivity index (χ4n) is 2.78. The van der Waals surface area contributed by atoms with Crippen LogP contribution >= 0.6 is 11.6 Å². The molecule has 2 aromatic heterocycles. The van der Waals surface area contributed by atoms with Crippen LogP contribution in [0.15, 0.2) is 12.1 Å². The Morgan fingerprint density at radius 2 is 2.06 bits per heavy atom. The van der Waals surface area contributed by atoms with Crippen molar-refractivity contribution in [2.24, 2.45) is 0 Å². The summed E-state index contributed by atoms with van der Waals surface area (Å²) in [5, 5.41) is -0.0862. The Balaban J connectivity index is 2.30. The highest BCUT2D eigenvalue weighted by molar-refractivity contribution is 6.20. The summed E-state index contributed by atoms with van der Waals surface area (Å²) in [6.07, 6.45) is 3.65. The molecule has 0 bridgehead atoms. The topological polar surface area (TPSA) is 30.7 Å². The predicted octanol–water partition coefficient (Wildman–Crippen LogP) is 3.94. The van der Waals surface area contributed by atoms with Crippen molar-refractivity contribution in [1.82, 2.24) is 14.5 Å². The summed E-state index contributed by atoms with van der Waals surface area (Å²) < 4.78 is 2.27. The van der Waals surface area contributed by atoms with Crippen molar-refractivity contribution in [3.8, 4) is 0 Å². The van der Waals surface area contributed by atoms with E-state index in [1.807, 2.05) is 26.0 Å². The largest absolute Gasteiger partial charge is 0.306 e. The van der Waals surface area contributed by atoms with E-state index in [1.54, 1.807) is 0 Å². The number of pyridine rings is 1. The third kappa shape index (κ3) is 1.64. The van der Waals surface area contributed by atoms with Gasteiger partial charge < -0.3 is 4.57 Å². The molecule has 18 heavy (non-hydrogen) atoms. The summed E-state index contributed by atoms with van der Waals surface area (Å²) in [5.41, 5.74) is 3.12. The average molecular weight is 264 g/mol. The molecule has 0 spiro atoms. The summed E-state index contributed by atoms with van der Waals surface area (Å²) in [5.74, 6) is 0.951. The standard InChI is InChI=1S/C14H18ClN3/c1-9-5-6-11-13(16-9)18(12(17-11)10(2)15)14(3)7-4-8-14/h5-6,10H,4,7-8H2,1-3H3. The second-order valence-corrected chi connectivity index (χ2v) is 6.22. The van der Waals surface area contributed by atoms with E-state index in [4.69, 9.17) is 11.6 Å². The van der Waals surface area contributed by atoms with Gasteiger partial charge in [-0.05, 0) is 52.2 Å². The zero-order valence-corrected chi connectivity index (χ0v) is 11.8. The lowest BCUT2D eigenvalue weighted by Crippen LogP contribution is -2.38. The Bertz CT molecular complexity index is 596. The molecule has 3 nitrogen and oxygen atoms in total. The molecule has 1 aliphatic carbocycles. The summed E-state index contributed by atoms with van der Waals surface area (Å²) in [4.78, 5) is 9.34. The minimum Gasteiger partial charge on any atom is -0.306 e. The molecule has 0 N–H and O–H groups in total. The van der Waals surface area contributed by atoms with Crippen LogP contribution in [0.2, 0.25) is 0 Å². The Morgan fingerprint density at radius 3 is 2.61 bits per heavy atom. The lowest BCUT2D eigenvalue weighted by molar-refractivity contribution is 0.168. The lowest BCUT2D eigenvalue weighted by atomic mass is 9.78. The molecule has 2 aromatic rings. The quantitative estimate of drug-likeness (QED) is 0.769. The molecule has 1 saturated carbocycles. The number of alkyl halides is 1. The predicted molar refractivity (Wildman–Crippen MR) is 74.0 cm³/mol. The number of aromatic nitrogens is 3. The van der Waals surface area contributed by atoms with E-state index >= 15 is 0 Å². The van der Waals surface area contributed by atoms with E-state index in [9.17, 15) is 0 Å². The summed E-state index contributed by atoms with van der Waals surface area (Å²) in [7, 11) is 0. The molecular weight excluding hydrogens is 246 g/mol. The number of hydrogen-bond acceptors (Lipinski definition) is 2. The van der Waals surface area contributed by atoms with Gasteiger partial charge in [-0.1, -0.05) is 0 Å². The normalized spacial score (nSPS) is 19.8. The first kappa shape index (κ1) is 12.0. The molecule has 1 fully saturated rings. The fourth-order valence-corrected chi connectivity index (χ4v) is 2.93. The van der Waals surface area contributed by atoms with E-state index in [2.05, 4.69) is 21.5 Å². The maximum Gasteiger partial charge on any atom is 0.160 e. The van der Waals surface area contributed by atoms with Crippen molar-refractivity contribution >= 4 is 22.8 Å². The van der Waals surface area contributed by atoms with E-state index in [-0.39, 0.29) is 10.9 Å². The fraction of sp³-hybridized carbons (Fsp3) is 0.571. The number of rotatable bonds is 2. The maximum atomic E-state index is 6.30.